The van der Waals surface area contributed by atoms with Gasteiger partial charge in [0.25, 0.3) is 0 Å². The first-order valence-corrected chi connectivity index (χ1v) is 24.1. The second-order valence-electron chi connectivity index (χ2n) is 18.4. The minimum Gasteiger partial charge on any atom is -0.455 e. The summed E-state index contributed by atoms with van der Waals surface area (Å²) < 4.78 is 9.39. The molecule has 2 heterocycles. The largest absolute Gasteiger partial charge is 0.455 e. The van der Waals surface area contributed by atoms with E-state index in [0.29, 0.717) is 0 Å². The van der Waals surface area contributed by atoms with Crippen LogP contribution < -0.4 is 4.90 Å². The average Bonchev–Trinajstić information content (AvgIpc) is 4.08. The highest BCUT2D eigenvalue weighted by Crippen LogP contribution is 2.56. The van der Waals surface area contributed by atoms with Gasteiger partial charge in [0.2, 0.25) is 0 Å². The van der Waals surface area contributed by atoms with E-state index >= 15 is 0 Å². The molecule has 0 saturated heterocycles. The Morgan fingerprint density at radius 1 is 0.329 bits per heavy atom. The number of hydrogen-bond donors (Lipinski definition) is 0. The first kappa shape index (κ1) is 39.9. The normalized spacial score (nSPS) is 12.7. The van der Waals surface area contributed by atoms with Crippen molar-refractivity contribution < 1.29 is 4.42 Å². The number of aromatic nitrogens is 1. The van der Waals surface area contributed by atoms with Gasteiger partial charge in [0.1, 0.15) is 11.2 Å². The van der Waals surface area contributed by atoms with Crippen LogP contribution in [0.2, 0.25) is 0 Å². The molecule has 3 heteroatoms. The fourth-order valence-corrected chi connectivity index (χ4v) is 11.6. The van der Waals surface area contributed by atoms with Crippen LogP contribution in [0.25, 0.3) is 82.8 Å². The maximum atomic E-state index is 7.02. The molecule has 11 aromatic carbocycles. The zero-order valence-corrected chi connectivity index (χ0v) is 38.2. The van der Waals surface area contributed by atoms with Crippen LogP contribution in [-0.4, -0.2) is 4.57 Å². The molecule has 0 N–H and O–H groups in total. The van der Waals surface area contributed by atoms with Crippen LogP contribution in [0.3, 0.4) is 0 Å². The number of hydrogen-bond acceptors (Lipinski definition) is 2. The number of furan rings is 1. The third-order valence-electron chi connectivity index (χ3n) is 14.7. The molecule has 70 heavy (non-hydrogen) atoms. The molecule has 0 bridgehead atoms. The van der Waals surface area contributed by atoms with Gasteiger partial charge in [-0.3, -0.25) is 0 Å². The lowest BCUT2D eigenvalue weighted by molar-refractivity contribution is 0.670. The number of nitrogens with zero attached hydrogens (tertiary/aromatic N) is 2. The molecule has 0 fully saturated rings. The summed E-state index contributed by atoms with van der Waals surface area (Å²) in [5.74, 6) is 0. The van der Waals surface area contributed by atoms with E-state index in [0.717, 1.165) is 61.3 Å². The third kappa shape index (κ3) is 6.08. The summed E-state index contributed by atoms with van der Waals surface area (Å²) in [6.45, 7) is 0. The summed E-state index contributed by atoms with van der Waals surface area (Å²) >= 11 is 0. The van der Waals surface area contributed by atoms with E-state index in [1.807, 2.05) is 0 Å². The van der Waals surface area contributed by atoms with Gasteiger partial charge in [-0.1, -0.05) is 206 Å². The van der Waals surface area contributed by atoms with Crippen molar-refractivity contribution in [2.24, 2.45) is 0 Å². The van der Waals surface area contributed by atoms with Crippen LogP contribution in [0.5, 0.6) is 0 Å². The first-order valence-electron chi connectivity index (χ1n) is 24.1. The first-order chi connectivity index (χ1) is 34.7. The molecule has 0 radical (unpaired) electrons. The molecular weight excluding hydrogens is 849 g/mol. The topological polar surface area (TPSA) is 21.3 Å². The predicted molar refractivity (Wildman–Crippen MR) is 291 cm³/mol. The van der Waals surface area contributed by atoms with E-state index in [9.17, 15) is 0 Å². The number of rotatable bonds is 8. The SMILES string of the molecule is c1ccc(-c2ccc(C3(c4ccc(-c5cccc6c5oc5cc(N(c7ccccc7)c7ccc8c9ccccc9n(-c9ccccc9)c8c7)ccc56)cc4)c4ccccc4-c4ccccc43)cc2)cc1. The number of fused-ring (bicyclic) bond motifs is 9. The van der Waals surface area contributed by atoms with Crippen LogP contribution in [0.1, 0.15) is 22.3 Å². The quantitative estimate of drug-likeness (QED) is 0.152. The van der Waals surface area contributed by atoms with Gasteiger partial charge >= 0.3 is 0 Å². The third-order valence-corrected chi connectivity index (χ3v) is 14.7. The van der Waals surface area contributed by atoms with Crippen LogP contribution in [0.15, 0.2) is 271 Å². The molecule has 3 nitrogen and oxygen atoms in total. The second-order valence-corrected chi connectivity index (χ2v) is 18.4. The summed E-state index contributed by atoms with van der Waals surface area (Å²) in [4.78, 5) is 2.34. The minimum atomic E-state index is -0.504. The Morgan fingerprint density at radius 2 is 0.843 bits per heavy atom. The highest BCUT2D eigenvalue weighted by molar-refractivity contribution is 6.12. The maximum absolute atomic E-state index is 7.02. The Morgan fingerprint density at radius 3 is 1.54 bits per heavy atom. The van der Waals surface area contributed by atoms with Gasteiger partial charge in [-0.25, -0.2) is 0 Å². The van der Waals surface area contributed by atoms with Crippen molar-refractivity contribution in [2.45, 2.75) is 5.41 Å². The van der Waals surface area contributed by atoms with Gasteiger partial charge in [-0.2, -0.15) is 0 Å². The number of anilines is 3. The van der Waals surface area contributed by atoms with E-state index < -0.39 is 5.41 Å². The lowest BCUT2D eigenvalue weighted by Crippen LogP contribution is -2.28. The van der Waals surface area contributed by atoms with Crippen LogP contribution in [-0.2, 0) is 5.41 Å². The summed E-state index contributed by atoms with van der Waals surface area (Å²) in [6, 6.07) is 97.0. The molecule has 0 spiro atoms. The van der Waals surface area contributed by atoms with Crippen molar-refractivity contribution in [1.82, 2.24) is 4.57 Å². The second kappa shape index (κ2) is 16.0. The highest BCUT2D eigenvalue weighted by Gasteiger charge is 2.46. The molecule has 0 saturated carbocycles. The molecular formula is C67H44N2O. The van der Waals surface area contributed by atoms with Crippen molar-refractivity contribution >= 4 is 60.8 Å². The Bertz CT molecular complexity index is 4050. The Hall–Kier alpha value is -9.18. The van der Waals surface area contributed by atoms with Gasteiger partial charge < -0.3 is 13.9 Å². The smallest absolute Gasteiger partial charge is 0.143 e. The van der Waals surface area contributed by atoms with Crippen LogP contribution in [0, 0.1) is 0 Å². The lowest BCUT2D eigenvalue weighted by Gasteiger charge is -2.34. The summed E-state index contributed by atoms with van der Waals surface area (Å²) in [7, 11) is 0. The van der Waals surface area contributed by atoms with Gasteiger partial charge in [0.05, 0.1) is 16.4 Å². The van der Waals surface area contributed by atoms with Crippen molar-refractivity contribution in [3.05, 3.63) is 289 Å². The molecule has 0 unspecified atom stereocenters. The lowest BCUT2D eigenvalue weighted by atomic mass is 9.67. The van der Waals surface area contributed by atoms with Crippen molar-refractivity contribution in [1.29, 1.82) is 0 Å². The molecule has 1 aliphatic carbocycles. The monoisotopic (exact) mass is 892 g/mol. The fourth-order valence-electron chi connectivity index (χ4n) is 11.6. The van der Waals surface area contributed by atoms with Gasteiger partial charge in [-0.15, -0.1) is 0 Å². The molecule has 2 aromatic heterocycles. The van der Waals surface area contributed by atoms with Crippen LogP contribution >= 0.6 is 0 Å². The Balaban J connectivity index is 0.885. The van der Waals surface area contributed by atoms with E-state index in [4.69, 9.17) is 4.42 Å². The van der Waals surface area contributed by atoms with Gasteiger partial charge in [0, 0.05) is 55.9 Å². The summed E-state index contributed by atoms with van der Waals surface area (Å²) in [5, 5.41) is 4.63. The van der Waals surface area contributed by atoms with Gasteiger partial charge in [0.15, 0.2) is 0 Å². The average molecular weight is 893 g/mol. The Kier molecular flexibility index (Phi) is 9.11. The molecule has 13 aromatic rings. The summed E-state index contributed by atoms with van der Waals surface area (Å²) in [6.07, 6.45) is 0. The minimum absolute atomic E-state index is 0.504. The van der Waals surface area contributed by atoms with E-state index in [2.05, 4.69) is 276 Å². The molecule has 0 atom stereocenters. The van der Waals surface area contributed by atoms with Crippen LogP contribution in [0.4, 0.5) is 17.1 Å². The van der Waals surface area contributed by atoms with Crippen molar-refractivity contribution in [3.8, 4) is 39.1 Å². The zero-order valence-electron chi connectivity index (χ0n) is 38.2. The van der Waals surface area contributed by atoms with E-state index in [-0.39, 0.29) is 0 Å². The summed E-state index contributed by atoms with van der Waals surface area (Å²) in [5.41, 5.74) is 20.1. The standard InChI is InChI=1S/C67H44N2O/c1-4-17-45(18-5-1)46-31-35-48(36-32-46)67(61-28-13-10-23-55(61)56-24-11-14-29-62(56)67)49-37-33-47(34-38-49)54-26-16-27-60-59-42-40-53(44-65(59)70-66(54)60)68(50-19-6-2-7-20-50)52-39-41-58-57-25-12-15-30-63(57)69(64(58)43-52)51-21-8-3-9-22-51/h1-44H. The van der Waals surface area contributed by atoms with Crippen molar-refractivity contribution in [3.63, 3.8) is 0 Å². The predicted octanol–water partition coefficient (Wildman–Crippen LogP) is 17.8. The molecule has 0 aliphatic heterocycles. The molecule has 328 valence electrons. The molecule has 1 aliphatic rings. The molecule has 0 amide bonds. The number of benzene rings is 11. The number of para-hydroxylation sites is 4. The highest BCUT2D eigenvalue weighted by atomic mass is 16.3. The van der Waals surface area contributed by atoms with Gasteiger partial charge in [-0.05, 0) is 105 Å². The van der Waals surface area contributed by atoms with E-state index in [1.165, 1.54) is 60.8 Å². The van der Waals surface area contributed by atoms with E-state index in [1.54, 1.807) is 0 Å². The zero-order chi connectivity index (χ0) is 46.2. The maximum Gasteiger partial charge on any atom is 0.143 e. The Labute approximate surface area is 406 Å². The molecule has 14 rings (SSSR count). The fraction of sp³-hybridized carbons (Fsp3) is 0.0149. The van der Waals surface area contributed by atoms with Crippen molar-refractivity contribution in [2.75, 3.05) is 4.90 Å².